The van der Waals surface area contributed by atoms with Crippen LogP contribution in [0.3, 0.4) is 0 Å². The van der Waals surface area contributed by atoms with Crippen molar-refractivity contribution in [3.05, 3.63) is 102 Å². The van der Waals surface area contributed by atoms with Gasteiger partial charge in [0.05, 0.1) is 10.9 Å². The molecule has 0 aliphatic heterocycles. The van der Waals surface area contributed by atoms with Gasteiger partial charge in [0.15, 0.2) is 0 Å². The van der Waals surface area contributed by atoms with E-state index in [-0.39, 0.29) is 16.8 Å². The molecule has 4 aromatic rings. The highest BCUT2D eigenvalue weighted by Gasteiger charge is 2.15. The van der Waals surface area contributed by atoms with Crippen LogP contribution in [0.4, 0.5) is 0 Å². The number of nitrogens with one attached hydrogen (secondary N) is 1. The van der Waals surface area contributed by atoms with Crippen LogP contribution in [0.15, 0.2) is 89.8 Å². The minimum Gasteiger partial charge on any atom is -0.384 e. The summed E-state index contributed by atoms with van der Waals surface area (Å²) in [4.78, 5) is 0.0860. The largest absolute Gasteiger partial charge is 0.384 e. The lowest BCUT2D eigenvalue weighted by molar-refractivity contribution is 0.598. The summed E-state index contributed by atoms with van der Waals surface area (Å²) in [5.41, 5.74) is 15.9. The Labute approximate surface area is 180 Å². The molecule has 0 saturated carbocycles. The van der Waals surface area contributed by atoms with Crippen molar-refractivity contribution in [3.63, 3.8) is 0 Å². The topological polar surface area (TPSA) is 136 Å². The molecule has 7 heteroatoms. The lowest BCUT2D eigenvalue weighted by Crippen LogP contribution is -2.13. The van der Waals surface area contributed by atoms with E-state index in [0.717, 1.165) is 27.5 Å². The van der Waals surface area contributed by atoms with E-state index in [1.807, 2.05) is 60.7 Å². The normalized spacial score (nSPS) is 12.6. The van der Waals surface area contributed by atoms with Gasteiger partial charge in [0, 0.05) is 11.1 Å². The minimum atomic E-state index is -3.83. The predicted octanol–water partition coefficient (Wildman–Crippen LogP) is 3.49. The number of amidine groups is 1. The number of hydrogen-bond acceptors (Lipinski definition) is 4. The van der Waals surface area contributed by atoms with Gasteiger partial charge in [-0.25, -0.2) is 13.6 Å². The van der Waals surface area contributed by atoms with Gasteiger partial charge in [-0.3, -0.25) is 5.41 Å². The Morgan fingerprint density at radius 3 is 2.13 bits per heavy atom. The second-order valence-corrected chi connectivity index (χ2v) is 8.91. The van der Waals surface area contributed by atoms with Crippen LogP contribution in [0.2, 0.25) is 0 Å². The van der Waals surface area contributed by atoms with Gasteiger partial charge in [-0.05, 0) is 45.7 Å². The Balaban J connectivity index is 1.68. The fourth-order valence-electron chi connectivity index (χ4n) is 3.64. The van der Waals surface area contributed by atoms with Gasteiger partial charge in [-0.2, -0.15) is 0 Å². The number of hydrogen-bond donors (Lipinski definition) is 4. The molecule has 0 saturated heterocycles. The van der Waals surface area contributed by atoms with Gasteiger partial charge in [0.25, 0.3) is 0 Å². The van der Waals surface area contributed by atoms with Crippen molar-refractivity contribution < 1.29 is 8.42 Å². The number of nitrogen functional groups attached to an aromatic ring is 1. The van der Waals surface area contributed by atoms with Gasteiger partial charge in [0.2, 0.25) is 10.0 Å². The fourth-order valence-corrected chi connectivity index (χ4v) is 4.40. The molecule has 0 spiro atoms. The van der Waals surface area contributed by atoms with Gasteiger partial charge in [-0.1, -0.05) is 66.7 Å². The zero-order valence-corrected chi connectivity index (χ0v) is 17.4. The van der Waals surface area contributed by atoms with Gasteiger partial charge < -0.3 is 11.5 Å². The Hall–Kier alpha value is -3.52. The van der Waals surface area contributed by atoms with Crippen molar-refractivity contribution in [2.45, 2.75) is 10.9 Å². The van der Waals surface area contributed by atoms with Crippen LogP contribution < -0.4 is 16.6 Å². The number of sulfonamides is 1. The van der Waals surface area contributed by atoms with Crippen molar-refractivity contribution in [1.29, 1.82) is 5.41 Å². The van der Waals surface area contributed by atoms with E-state index in [4.69, 9.17) is 22.0 Å². The first-order chi connectivity index (χ1) is 14.7. The molecule has 4 aromatic carbocycles. The van der Waals surface area contributed by atoms with Crippen LogP contribution in [-0.4, -0.2) is 14.3 Å². The van der Waals surface area contributed by atoms with E-state index in [1.54, 1.807) is 18.2 Å². The van der Waals surface area contributed by atoms with Crippen LogP contribution >= 0.6 is 0 Å². The summed E-state index contributed by atoms with van der Waals surface area (Å²) < 4.78 is 23.8. The van der Waals surface area contributed by atoms with Gasteiger partial charge >= 0.3 is 0 Å². The molecule has 31 heavy (non-hydrogen) atoms. The zero-order chi connectivity index (χ0) is 22.2. The van der Waals surface area contributed by atoms with Crippen molar-refractivity contribution in [2.24, 2.45) is 16.6 Å². The molecular weight excluding hydrogens is 408 g/mol. The zero-order valence-electron chi connectivity index (χ0n) is 16.6. The molecule has 1 atom stereocenters. The molecule has 1 unspecified atom stereocenters. The van der Waals surface area contributed by atoms with Crippen LogP contribution in [0.1, 0.15) is 22.7 Å². The summed E-state index contributed by atoms with van der Waals surface area (Å²) in [6, 6.07) is 25.3. The Morgan fingerprint density at radius 1 is 0.806 bits per heavy atom. The molecule has 0 aliphatic carbocycles. The van der Waals surface area contributed by atoms with Crippen molar-refractivity contribution in [2.75, 3.05) is 0 Å². The van der Waals surface area contributed by atoms with Crippen LogP contribution in [-0.2, 0) is 10.0 Å². The second-order valence-electron chi connectivity index (χ2n) is 7.38. The van der Waals surface area contributed by atoms with E-state index in [9.17, 15) is 8.42 Å². The molecule has 0 aliphatic rings. The molecular formula is C24H22N4O2S. The Bertz CT molecular complexity index is 1400. The second kappa shape index (κ2) is 7.96. The maximum Gasteiger partial charge on any atom is 0.238 e. The average molecular weight is 431 g/mol. The average Bonchev–Trinajstić information content (AvgIpc) is 2.77. The predicted molar refractivity (Wildman–Crippen MR) is 124 cm³/mol. The van der Waals surface area contributed by atoms with Crippen molar-refractivity contribution in [3.8, 4) is 11.1 Å². The van der Waals surface area contributed by atoms with Crippen molar-refractivity contribution in [1.82, 2.24) is 0 Å². The minimum absolute atomic E-state index is 0.0203. The fraction of sp³-hybridized carbons (Fsp3) is 0.0417. The van der Waals surface area contributed by atoms with E-state index in [2.05, 4.69) is 0 Å². The summed E-state index contributed by atoms with van der Waals surface area (Å²) >= 11 is 0. The number of fused-ring (bicyclic) bond motifs is 1. The quantitative estimate of drug-likeness (QED) is 0.284. The third-order valence-electron chi connectivity index (χ3n) is 5.31. The number of rotatable bonds is 5. The van der Waals surface area contributed by atoms with Crippen LogP contribution in [0, 0.1) is 5.41 Å². The van der Waals surface area contributed by atoms with Crippen LogP contribution in [0.5, 0.6) is 0 Å². The summed E-state index contributed by atoms with van der Waals surface area (Å²) in [5, 5.41) is 15.0. The monoisotopic (exact) mass is 430 g/mol. The SMILES string of the molecule is N=C(N)c1ccc2ccc(C(N)c3ccc(-c4ccccc4S(N)(=O)=O)cc3)cc2c1. The molecule has 0 fully saturated rings. The lowest BCUT2D eigenvalue weighted by atomic mass is 9.94. The molecule has 4 rings (SSSR count). The number of primary sulfonamides is 1. The van der Waals surface area contributed by atoms with E-state index >= 15 is 0 Å². The number of benzene rings is 4. The van der Waals surface area contributed by atoms with Gasteiger partial charge in [-0.15, -0.1) is 0 Å². The van der Waals surface area contributed by atoms with Crippen molar-refractivity contribution >= 4 is 26.6 Å². The molecule has 7 N–H and O–H groups in total. The first-order valence-electron chi connectivity index (χ1n) is 9.60. The Morgan fingerprint density at radius 2 is 1.45 bits per heavy atom. The molecule has 0 radical (unpaired) electrons. The summed E-state index contributed by atoms with van der Waals surface area (Å²) in [7, 11) is -3.83. The molecule has 156 valence electrons. The van der Waals surface area contributed by atoms with E-state index in [0.29, 0.717) is 11.1 Å². The molecule has 6 nitrogen and oxygen atoms in total. The highest BCUT2D eigenvalue weighted by Crippen LogP contribution is 2.29. The summed E-state index contributed by atoms with van der Waals surface area (Å²) in [5.74, 6) is 0.0203. The first kappa shape index (κ1) is 20.7. The highest BCUT2D eigenvalue weighted by atomic mass is 32.2. The third kappa shape index (κ3) is 4.20. The summed E-state index contributed by atoms with van der Waals surface area (Å²) in [6.07, 6.45) is 0. The Kier molecular flexibility index (Phi) is 5.32. The maximum absolute atomic E-state index is 11.9. The van der Waals surface area contributed by atoms with E-state index < -0.39 is 10.0 Å². The molecule has 0 bridgehead atoms. The lowest BCUT2D eigenvalue weighted by Gasteiger charge is -2.15. The standard InChI is InChI=1S/C24H22N4O2S/c25-23(18-11-5-15-6-12-19(24(26)27)14-20(15)13-18)17-9-7-16(8-10-17)21-3-1-2-4-22(21)31(28,29)30/h1-14,23H,25H2,(H3,26,27)(H2,28,29,30). The number of nitrogens with two attached hydrogens (primary N) is 3. The highest BCUT2D eigenvalue weighted by molar-refractivity contribution is 7.89. The molecule has 0 heterocycles. The maximum atomic E-state index is 11.9. The van der Waals surface area contributed by atoms with E-state index in [1.165, 1.54) is 6.07 Å². The molecule has 0 aromatic heterocycles. The van der Waals surface area contributed by atoms with Crippen LogP contribution in [0.25, 0.3) is 21.9 Å². The summed E-state index contributed by atoms with van der Waals surface area (Å²) in [6.45, 7) is 0. The third-order valence-corrected chi connectivity index (χ3v) is 6.28. The first-order valence-corrected chi connectivity index (χ1v) is 11.1. The molecule has 0 amide bonds. The smallest absolute Gasteiger partial charge is 0.238 e. The van der Waals surface area contributed by atoms with Gasteiger partial charge in [0.1, 0.15) is 5.84 Å².